The zero-order chi connectivity index (χ0) is 18.8. The summed E-state index contributed by atoms with van der Waals surface area (Å²) in [7, 11) is -3.17. The number of rotatable bonds is 4. The van der Waals surface area contributed by atoms with E-state index >= 15 is 0 Å². The number of aromatic nitrogens is 2. The topological polar surface area (TPSA) is 76.5 Å². The summed E-state index contributed by atoms with van der Waals surface area (Å²) in [5.41, 5.74) is 0.285. The van der Waals surface area contributed by atoms with Crippen LogP contribution in [-0.4, -0.2) is 28.1 Å². The number of benzene rings is 1. The van der Waals surface area contributed by atoms with Crippen molar-refractivity contribution in [1.82, 2.24) is 9.97 Å². The molecular formula is C15H16ClF3N3O3P. The van der Waals surface area contributed by atoms with E-state index in [-0.39, 0.29) is 12.1 Å². The van der Waals surface area contributed by atoms with Gasteiger partial charge in [0.1, 0.15) is 0 Å². The Morgan fingerprint density at radius 3 is 2.42 bits per heavy atom. The number of nitrogens with zero attached hydrogens (tertiary/aromatic N) is 2. The normalized spacial score (nSPS) is 18.3. The molecule has 2 aromatic rings. The van der Waals surface area contributed by atoms with Crippen LogP contribution in [0.5, 0.6) is 0 Å². The summed E-state index contributed by atoms with van der Waals surface area (Å²) in [6.45, 7) is 0.961. The van der Waals surface area contributed by atoms with E-state index < -0.39 is 24.8 Å². The van der Waals surface area contributed by atoms with E-state index in [0.29, 0.717) is 25.1 Å². The molecule has 0 amide bonds. The second-order valence-electron chi connectivity index (χ2n) is 5.66. The van der Waals surface area contributed by atoms with Crippen LogP contribution >= 0.6 is 19.5 Å². The third kappa shape index (κ3) is 4.81. The van der Waals surface area contributed by atoms with E-state index in [1.807, 2.05) is 0 Å². The van der Waals surface area contributed by atoms with Crippen LogP contribution in [0, 0.1) is 0 Å². The minimum atomic E-state index is -4.61. The molecule has 26 heavy (non-hydrogen) atoms. The summed E-state index contributed by atoms with van der Waals surface area (Å²) >= 11 is 5.57. The van der Waals surface area contributed by atoms with Crippen LogP contribution in [0.3, 0.4) is 0 Å². The monoisotopic (exact) mass is 409 g/mol. The third-order valence-electron chi connectivity index (χ3n) is 3.63. The van der Waals surface area contributed by atoms with Crippen LogP contribution in [0.2, 0.25) is 5.15 Å². The number of alkyl halides is 3. The Morgan fingerprint density at radius 1 is 1.19 bits per heavy atom. The predicted octanol–water partition coefficient (Wildman–Crippen LogP) is 4.32. The van der Waals surface area contributed by atoms with Crippen molar-refractivity contribution in [3.63, 3.8) is 0 Å². The molecule has 1 saturated heterocycles. The summed E-state index contributed by atoms with van der Waals surface area (Å²) in [6, 6.07) is 6.87. The molecule has 0 atom stereocenters. The van der Waals surface area contributed by atoms with Gasteiger partial charge >= 0.3 is 152 Å². The minimum absolute atomic E-state index is 0.0531. The van der Waals surface area contributed by atoms with Crippen LogP contribution in [0.25, 0.3) is 0 Å². The fourth-order valence-electron chi connectivity index (χ4n) is 2.37. The number of anilines is 2. The molecule has 0 radical (unpaired) electrons. The molecule has 142 valence electrons. The second-order valence-corrected chi connectivity index (χ2v) is 8.37. The molecule has 0 bridgehead atoms. The van der Waals surface area contributed by atoms with E-state index in [9.17, 15) is 18.1 Å². The van der Waals surface area contributed by atoms with Crippen molar-refractivity contribution in [2.45, 2.75) is 18.8 Å². The molecular weight excluding hydrogens is 394 g/mol. The van der Waals surface area contributed by atoms with Gasteiger partial charge in [0.25, 0.3) is 0 Å². The van der Waals surface area contributed by atoms with E-state index in [4.69, 9.17) is 20.6 Å². The van der Waals surface area contributed by atoms with Gasteiger partial charge in [0.2, 0.25) is 0 Å². The van der Waals surface area contributed by atoms with Gasteiger partial charge in [-0.3, -0.25) is 0 Å². The Hall–Kier alpha value is -1.51. The summed E-state index contributed by atoms with van der Waals surface area (Å²) in [4.78, 5) is 17.5. The summed E-state index contributed by atoms with van der Waals surface area (Å²) in [5, 5.41) is 2.10. The molecule has 3 rings (SSSR count). The second kappa shape index (κ2) is 7.62. The van der Waals surface area contributed by atoms with Crippen LogP contribution < -0.4 is 5.32 Å². The van der Waals surface area contributed by atoms with E-state index in [2.05, 4.69) is 15.3 Å². The van der Waals surface area contributed by atoms with Gasteiger partial charge in [-0.15, -0.1) is 0 Å². The first-order valence-corrected chi connectivity index (χ1v) is 10.1. The van der Waals surface area contributed by atoms with Gasteiger partial charge in [0, 0.05) is 0 Å². The van der Waals surface area contributed by atoms with Crippen molar-refractivity contribution in [3.8, 4) is 0 Å². The molecule has 6 nitrogen and oxygen atoms in total. The van der Waals surface area contributed by atoms with Gasteiger partial charge in [-0.2, -0.15) is 0 Å². The van der Waals surface area contributed by atoms with Gasteiger partial charge in [0.05, 0.1) is 0 Å². The van der Waals surface area contributed by atoms with Crippen molar-refractivity contribution in [3.05, 3.63) is 46.7 Å². The summed E-state index contributed by atoms with van der Waals surface area (Å²) in [6.07, 6.45) is -2.93. The Kier molecular flexibility index (Phi) is 5.64. The van der Waals surface area contributed by atoms with Crippen LogP contribution in [0.15, 0.2) is 30.5 Å². The van der Waals surface area contributed by atoms with Gasteiger partial charge < -0.3 is 0 Å². The van der Waals surface area contributed by atoms with Gasteiger partial charge in [-0.05, 0) is 0 Å². The molecule has 11 heteroatoms. The van der Waals surface area contributed by atoms with E-state index in [0.717, 1.165) is 12.0 Å². The number of hydrogen-bond acceptors (Lipinski definition) is 6. The zero-order valence-electron chi connectivity index (χ0n) is 13.4. The molecule has 0 saturated carbocycles. The van der Waals surface area contributed by atoms with Crippen molar-refractivity contribution < 1.29 is 27.1 Å². The molecule has 0 unspecified atom stereocenters. The first kappa shape index (κ1) is 19.3. The molecule has 1 fully saturated rings. The molecule has 2 heterocycles. The van der Waals surface area contributed by atoms with Crippen molar-refractivity contribution >= 4 is 31.2 Å². The van der Waals surface area contributed by atoms with Gasteiger partial charge in [-0.25, -0.2) is 0 Å². The Morgan fingerprint density at radius 2 is 1.85 bits per heavy atom. The number of nitrogens with one attached hydrogen (secondary N) is 1. The Bertz CT molecular complexity index is 771. The van der Waals surface area contributed by atoms with Gasteiger partial charge in [0.15, 0.2) is 0 Å². The summed E-state index contributed by atoms with van der Waals surface area (Å²) in [5.74, 6) is -0.0531. The van der Waals surface area contributed by atoms with Crippen molar-refractivity contribution in [2.75, 3.05) is 18.5 Å². The predicted molar refractivity (Wildman–Crippen MR) is 92.5 cm³/mol. The standard InChI is InChI=1S/C15H16ClF3N3O3P/c16-13-12(15(17,18)19)8-20-14(22-13)21-11-4-2-10(3-5-11)9-26(23)24-6-1-7-25-26/h2-5,8,23,26H,1,6-7,9H2,(H,20,21,22). The molecule has 2 N–H and O–H groups in total. The molecule has 1 aromatic carbocycles. The summed E-state index contributed by atoms with van der Waals surface area (Å²) < 4.78 is 48.7. The first-order chi connectivity index (χ1) is 12.3. The van der Waals surface area contributed by atoms with E-state index in [1.54, 1.807) is 24.3 Å². The maximum absolute atomic E-state index is 12.7. The molecule has 0 spiro atoms. The van der Waals surface area contributed by atoms with Crippen molar-refractivity contribution in [2.24, 2.45) is 0 Å². The van der Waals surface area contributed by atoms with Crippen LogP contribution in [0.4, 0.5) is 24.8 Å². The Labute approximate surface area is 152 Å². The average molecular weight is 410 g/mol. The maximum atomic E-state index is 12.7. The molecule has 1 aromatic heterocycles. The molecule has 1 aliphatic rings. The average Bonchev–Trinajstić information content (AvgIpc) is 2.56. The van der Waals surface area contributed by atoms with Crippen LogP contribution in [0.1, 0.15) is 17.5 Å². The van der Waals surface area contributed by atoms with Crippen molar-refractivity contribution in [1.29, 1.82) is 0 Å². The first-order valence-electron chi connectivity index (χ1n) is 7.71. The van der Waals surface area contributed by atoms with E-state index in [1.165, 1.54) is 0 Å². The van der Waals surface area contributed by atoms with Crippen LogP contribution in [-0.2, 0) is 21.4 Å². The van der Waals surface area contributed by atoms with Gasteiger partial charge in [-0.1, -0.05) is 0 Å². The SMILES string of the molecule is O[PH]1(Cc2ccc(Nc3ncc(C(F)(F)F)c(Cl)n3)cc2)OCCCO1. The fourth-order valence-corrected chi connectivity index (χ4v) is 4.57. The molecule has 0 aliphatic carbocycles. The zero-order valence-corrected chi connectivity index (χ0v) is 15.1. The quantitative estimate of drug-likeness (QED) is 0.578. The number of halogens is 4. The number of hydrogen-bond donors (Lipinski definition) is 2. The molecule has 1 aliphatic heterocycles. The fraction of sp³-hybridized carbons (Fsp3) is 0.333. The Balaban J connectivity index is 1.67. The third-order valence-corrected chi connectivity index (χ3v) is 6.08.